The molecule has 316 valence electrons. The Hall–Kier alpha value is -8.03. The van der Waals surface area contributed by atoms with Crippen LogP contribution in [0.1, 0.15) is 70.6 Å². The Labute approximate surface area is 356 Å². The second-order valence-corrected chi connectivity index (χ2v) is 17.7. The lowest BCUT2D eigenvalue weighted by atomic mass is 9.95. The van der Waals surface area contributed by atoms with Crippen LogP contribution in [0.5, 0.6) is 17.2 Å². The van der Waals surface area contributed by atoms with Crippen LogP contribution in [0.2, 0.25) is 0 Å². The van der Waals surface area contributed by atoms with Gasteiger partial charge in [0, 0.05) is 63.2 Å². The zero-order chi connectivity index (χ0) is 45.6. The van der Waals surface area contributed by atoms with Gasteiger partial charge in [0.2, 0.25) is 5.75 Å². The SMILES string of the molecule is CCc1c(C(=O)OC)cc(OS(=O)(=O)c2cccc3c2C=CC(=[N+]=[N-])C3=O)c(OS(=O)(=O)c2cccc3c2C=CC(=[N+]=[N-])C3=O)c1OS(=O)(=O)c1cccc2c1C=CC(=[N+]=[N-])C2=O. The van der Waals surface area contributed by atoms with Crippen LogP contribution in [-0.2, 0) is 41.5 Å². The zero-order valence-electron chi connectivity index (χ0n) is 32.1. The number of esters is 1. The summed E-state index contributed by atoms with van der Waals surface area (Å²) >= 11 is 0. The van der Waals surface area contributed by atoms with E-state index in [4.69, 9.17) is 17.3 Å². The standard InChI is InChI=1S/C40H24N6O14S3/c1-3-20-27(40(50)57-2)19-31(58-61(51,52)32-10-4-7-24-21(32)13-16-28(44-41)35(24)47)39(60-63(55,56)34-12-6-9-26-23(34)15-18-30(46-43)37(26)49)38(20)59-62(53,54)33-11-5-8-25-22(33)14-17-29(45-42)36(25)48/h4-19H,3H2,1-2H3. The van der Waals surface area contributed by atoms with Crippen molar-refractivity contribution in [2.24, 2.45) is 0 Å². The highest BCUT2D eigenvalue weighted by molar-refractivity contribution is 7.88. The molecule has 0 aliphatic heterocycles. The quantitative estimate of drug-likeness (QED) is 0.0890. The molecule has 0 fully saturated rings. The minimum absolute atomic E-state index is 0.259. The number of Topliss-reactive ketones (excluding diaryl/α,β-unsaturated/α-hetero) is 3. The first-order chi connectivity index (χ1) is 29.9. The monoisotopic (exact) mass is 908 g/mol. The van der Waals surface area contributed by atoms with E-state index in [1.165, 1.54) is 25.1 Å². The van der Waals surface area contributed by atoms with Gasteiger partial charge in [-0.3, -0.25) is 14.4 Å². The zero-order valence-corrected chi connectivity index (χ0v) is 34.5. The van der Waals surface area contributed by atoms with E-state index in [0.29, 0.717) is 6.07 Å². The van der Waals surface area contributed by atoms with Crippen LogP contribution < -0.4 is 12.5 Å². The Morgan fingerprint density at radius 1 is 0.556 bits per heavy atom. The number of carbonyl (C=O) groups is 4. The highest BCUT2D eigenvalue weighted by Crippen LogP contribution is 2.47. The van der Waals surface area contributed by atoms with E-state index in [-0.39, 0.29) is 39.8 Å². The Morgan fingerprint density at radius 3 is 1.27 bits per heavy atom. The molecule has 3 aliphatic rings. The van der Waals surface area contributed by atoms with Gasteiger partial charge in [-0.15, -0.1) is 0 Å². The third-order valence-electron chi connectivity index (χ3n) is 9.63. The number of nitrogens with zero attached hydrogens (tertiary/aromatic N) is 6. The van der Waals surface area contributed by atoms with Crippen LogP contribution in [0, 0.1) is 0 Å². The highest BCUT2D eigenvalue weighted by Gasteiger charge is 2.39. The van der Waals surface area contributed by atoms with Crippen molar-refractivity contribution in [1.29, 1.82) is 0 Å². The summed E-state index contributed by atoms with van der Waals surface area (Å²) in [5.74, 6) is -7.47. The summed E-state index contributed by atoms with van der Waals surface area (Å²) in [4.78, 5) is 58.9. The second kappa shape index (κ2) is 16.1. The van der Waals surface area contributed by atoms with E-state index >= 15 is 0 Å². The summed E-state index contributed by atoms with van der Waals surface area (Å²) in [6.45, 7) is 1.38. The Balaban J connectivity index is 1.50. The van der Waals surface area contributed by atoms with Crippen molar-refractivity contribution < 1.29 is 76.1 Å². The van der Waals surface area contributed by atoms with Crippen LogP contribution in [-0.4, -0.2) is 87.2 Å². The molecule has 0 spiro atoms. The molecule has 4 aromatic rings. The number of hydrogen-bond acceptors (Lipinski definition) is 14. The first kappa shape index (κ1) is 43.1. The van der Waals surface area contributed by atoms with Gasteiger partial charge in [-0.05, 0) is 42.8 Å². The van der Waals surface area contributed by atoms with E-state index in [1.807, 2.05) is 0 Å². The maximum Gasteiger partial charge on any atom is 0.362 e. The summed E-state index contributed by atoms with van der Waals surface area (Å²) in [6.07, 6.45) is 5.97. The number of fused-ring (bicyclic) bond motifs is 3. The fourth-order valence-electron chi connectivity index (χ4n) is 6.76. The molecule has 0 N–H and O–H groups in total. The molecule has 23 heteroatoms. The van der Waals surface area contributed by atoms with Gasteiger partial charge in [-0.25, -0.2) is 4.79 Å². The molecule has 0 amide bonds. The fourth-order valence-corrected chi connectivity index (χ4v) is 10.2. The summed E-state index contributed by atoms with van der Waals surface area (Å²) < 4.78 is 108. The van der Waals surface area contributed by atoms with Gasteiger partial charge in [0.15, 0.2) is 11.5 Å². The van der Waals surface area contributed by atoms with Crippen molar-refractivity contribution in [1.82, 2.24) is 0 Å². The number of allylic oxidation sites excluding steroid dienone is 3. The minimum Gasteiger partial charge on any atom is -0.465 e. The largest absolute Gasteiger partial charge is 0.465 e. The Kier molecular flexibility index (Phi) is 11.0. The maximum absolute atomic E-state index is 14.5. The summed E-state index contributed by atoms with van der Waals surface area (Å²) in [6, 6.07) is 10.7. The number of methoxy groups -OCH3 is 1. The van der Waals surface area contributed by atoms with Gasteiger partial charge in [-0.2, -0.15) is 39.6 Å². The van der Waals surface area contributed by atoms with Crippen LogP contribution in [0.15, 0.2) is 93.6 Å². The number of benzene rings is 4. The number of carbonyl (C=O) groups excluding carboxylic acids is 4. The second-order valence-electron chi connectivity index (χ2n) is 13.1. The summed E-state index contributed by atoms with van der Waals surface area (Å²) in [5, 5.41) is 0. The predicted octanol–water partition coefficient (Wildman–Crippen LogP) is 3.98. The number of ether oxygens (including phenoxy) is 1. The van der Waals surface area contributed by atoms with E-state index in [1.54, 1.807) is 0 Å². The lowest BCUT2D eigenvalue weighted by molar-refractivity contribution is -0.00459. The lowest BCUT2D eigenvalue weighted by Gasteiger charge is -2.22. The van der Waals surface area contributed by atoms with Crippen molar-refractivity contribution in [2.75, 3.05) is 7.11 Å². The maximum atomic E-state index is 14.5. The van der Waals surface area contributed by atoms with E-state index in [0.717, 1.165) is 80.0 Å². The van der Waals surface area contributed by atoms with Crippen LogP contribution >= 0.6 is 0 Å². The van der Waals surface area contributed by atoms with Gasteiger partial charge in [0.05, 0.1) is 12.7 Å². The summed E-state index contributed by atoms with van der Waals surface area (Å²) in [7, 11) is -15.0. The first-order valence-electron chi connectivity index (χ1n) is 17.8. The lowest BCUT2D eigenvalue weighted by Crippen LogP contribution is -2.23. The molecule has 4 aromatic carbocycles. The third-order valence-corrected chi connectivity index (χ3v) is 13.5. The van der Waals surface area contributed by atoms with Gasteiger partial charge >= 0.3 is 53.5 Å². The van der Waals surface area contributed by atoms with Crippen LogP contribution in [0.4, 0.5) is 0 Å². The van der Waals surface area contributed by atoms with Crippen LogP contribution in [0.25, 0.3) is 34.8 Å². The van der Waals surface area contributed by atoms with Crippen LogP contribution in [0.3, 0.4) is 0 Å². The average Bonchev–Trinajstić information content (AvgIpc) is 3.26. The third kappa shape index (κ3) is 7.44. The highest BCUT2D eigenvalue weighted by atomic mass is 32.2. The molecule has 0 unspecified atom stereocenters. The van der Waals surface area contributed by atoms with E-state index in [9.17, 15) is 61.0 Å². The molecule has 0 atom stereocenters. The number of hydrogen-bond donors (Lipinski definition) is 0. The topological polar surface area (TPSA) is 317 Å². The fraction of sp³-hybridized carbons (Fsp3) is 0.0750. The molecule has 0 heterocycles. The van der Waals surface area contributed by atoms with E-state index < -0.39 is 114 Å². The molecule has 0 aromatic heterocycles. The molecule has 0 radical (unpaired) electrons. The molecule has 0 saturated heterocycles. The van der Waals surface area contributed by atoms with Crippen molar-refractivity contribution >= 4 is 89.0 Å². The van der Waals surface area contributed by atoms with Crippen molar-refractivity contribution in [3.8, 4) is 17.2 Å². The number of rotatable bonds is 11. The van der Waals surface area contributed by atoms with Gasteiger partial charge in [0.25, 0.3) is 17.3 Å². The van der Waals surface area contributed by atoms with Crippen molar-refractivity contribution in [3.63, 3.8) is 0 Å². The molecule has 63 heavy (non-hydrogen) atoms. The van der Waals surface area contributed by atoms with Gasteiger partial charge in [-0.1, -0.05) is 43.3 Å². The Bertz CT molecular complexity index is 3430. The Morgan fingerprint density at radius 2 is 0.921 bits per heavy atom. The number of ketones is 3. The van der Waals surface area contributed by atoms with Crippen molar-refractivity contribution in [3.05, 3.63) is 140 Å². The first-order valence-corrected chi connectivity index (χ1v) is 22.0. The molecule has 7 rings (SSSR count). The minimum atomic E-state index is -5.37. The molecule has 0 bridgehead atoms. The van der Waals surface area contributed by atoms with Gasteiger partial charge in [0.1, 0.15) is 14.7 Å². The van der Waals surface area contributed by atoms with E-state index in [2.05, 4.69) is 14.4 Å². The summed E-state index contributed by atoms with van der Waals surface area (Å²) in [5.41, 5.74) is 23.8. The smallest absolute Gasteiger partial charge is 0.362 e. The molecular formula is C40H24N6O14S3. The molecule has 3 aliphatic carbocycles. The molecule has 0 saturated carbocycles. The molecule has 20 nitrogen and oxygen atoms in total. The predicted molar refractivity (Wildman–Crippen MR) is 216 cm³/mol. The van der Waals surface area contributed by atoms with Gasteiger partial charge < -0.3 is 33.9 Å². The van der Waals surface area contributed by atoms with Crippen molar-refractivity contribution in [2.45, 2.75) is 28.0 Å². The average molecular weight is 909 g/mol. The normalized spacial score (nSPS) is 14.2. The molecular weight excluding hydrogens is 885 g/mol.